The van der Waals surface area contributed by atoms with Gasteiger partial charge >= 0.3 is 5.97 Å². The minimum absolute atomic E-state index is 0.116. The molecule has 0 aliphatic carbocycles. The van der Waals surface area contributed by atoms with Gasteiger partial charge in [-0.1, -0.05) is 6.07 Å². The fourth-order valence-electron chi connectivity index (χ4n) is 2.16. The van der Waals surface area contributed by atoms with Gasteiger partial charge in [-0.05, 0) is 25.1 Å². The molecule has 0 fully saturated rings. The van der Waals surface area contributed by atoms with Crippen molar-refractivity contribution in [3.8, 4) is 17.1 Å². The van der Waals surface area contributed by atoms with Crippen LogP contribution in [0, 0.1) is 17.0 Å². The topological polar surface area (TPSA) is 111 Å². The summed E-state index contributed by atoms with van der Waals surface area (Å²) in [4.78, 5) is 21.8. The molecule has 0 spiro atoms. The number of aromatic carboxylic acids is 1. The third-order valence-corrected chi connectivity index (χ3v) is 3.21. The molecule has 8 nitrogen and oxygen atoms in total. The molecule has 1 aromatic carbocycles. The summed E-state index contributed by atoms with van der Waals surface area (Å²) in [7, 11) is 0. The zero-order chi connectivity index (χ0) is 16.6. The van der Waals surface area contributed by atoms with Gasteiger partial charge in [-0.25, -0.2) is 9.48 Å². The Kier molecular flexibility index (Phi) is 3.41. The van der Waals surface area contributed by atoms with Crippen molar-refractivity contribution in [1.82, 2.24) is 9.78 Å². The molecule has 0 aliphatic heterocycles. The van der Waals surface area contributed by atoms with Crippen LogP contribution in [0.1, 0.15) is 16.2 Å². The van der Waals surface area contributed by atoms with Crippen molar-refractivity contribution >= 4 is 11.7 Å². The third-order valence-electron chi connectivity index (χ3n) is 3.21. The van der Waals surface area contributed by atoms with E-state index in [-0.39, 0.29) is 17.1 Å². The van der Waals surface area contributed by atoms with E-state index in [1.807, 2.05) is 0 Å². The average Bonchev–Trinajstić information content (AvgIpc) is 3.13. The molecular formula is C15H11N3O5. The third kappa shape index (κ3) is 2.69. The molecule has 116 valence electrons. The lowest BCUT2D eigenvalue weighted by Crippen LogP contribution is -2.08. The van der Waals surface area contributed by atoms with Crippen molar-refractivity contribution in [2.75, 3.05) is 0 Å². The lowest BCUT2D eigenvalue weighted by molar-refractivity contribution is -0.384. The van der Waals surface area contributed by atoms with E-state index < -0.39 is 10.9 Å². The molecule has 0 aliphatic rings. The summed E-state index contributed by atoms with van der Waals surface area (Å²) in [6.45, 7) is 1.76. The number of carbonyl (C=O) groups is 1. The van der Waals surface area contributed by atoms with Crippen LogP contribution in [0.3, 0.4) is 0 Å². The molecule has 0 amide bonds. The monoisotopic (exact) mass is 313 g/mol. The number of hydrogen-bond acceptors (Lipinski definition) is 5. The van der Waals surface area contributed by atoms with E-state index in [4.69, 9.17) is 4.42 Å². The number of carboxylic acids is 1. The molecule has 0 bridgehead atoms. The van der Waals surface area contributed by atoms with Crippen molar-refractivity contribution in [2.24, 2.45) is 0 Å². The van der Waals surface area contributed by atoms with Gasteiger partial charge in [0, 0.05) is 18.2 Å². The Labute approximate surface area is 129 Å². The Bertz CT molecular complexity index is 909. The van der Waals surface area contributed by atoms with Crippen molar-refractivity contribution in [2.45, 2.75) is 6.92 Å². The molecule has 2 aromatic heterocycles. The number of furan rings is 1. The Balaban J connectivity index is 2.15. The molecule has 0 saturated heterocycles. The number of carboxylic acid groups (broad SMARTS) is 1. The SMILES string of the molecule is Cc1ccc(-c2cc(C(=O)O)n(-c3cccc([N+](=O)[O-])c3)n2)o1. The van der Waals surface area contributed by atoms with Crippen molar-refractivity contribution < 1.29 is 19.2 Å². The van der Waals surface area contributed by atoms with Gasteiger partial charge in [0.1, 0.15) is 11.5 Å². The molecular weight excluding hydrogens is 302 g/mol. The van der Waals surface area contributed by atoms with E-state index in [1.165, 1.54) is 24.3 Å². The Morgan fingerprint density at radius 3 is 2.70 bits per heavy atom. The Morgan fingerprint density at radius 1 is 1.30 bits per heavy atom. The van der Waals surface area contributed by atoms with Gasteiger partial charge in [-0.2, -0.15) is 5.10 Å². The summed E-state index contributed by atoms with van der Waals surface area (Å²) in [5, 5.41) is 24.4. The van der Waals surface area contributed by atoms with Gasteiger partial charge in [0.2, 0.25) is 0 Å². The van der Waals surface area contributed by atoms with Gasteiger partial charge in [0.25, 0.3) is 5.69 Å². The highest BCUT2D eigenvalue weighted by Gasteiger charge is 2.19. The van der Waals surface area contributed by atoms with Crippen LogP contribution in [-0.4, -0.2) is 25.8 Å². The highest BCUT2D eigenvalue weighted by atomic mass is 16.6. The first-order valence-electron chi connectivity index (χ1n) is 6.60. The number of rotatable bonds is 4. The summed E-state index contributed by atoms with van der Waals surface area (Å²) >= 11 is 0. The predicted molar refractivity (Wildman–Crippen MR) is 79.6 cm³/mol. The van der Waals surface area contributed by atoms with Crippen LogP contribution in [0.5, 0.6) is 0 Å². The zero-order valence-corrected chi connectivity index (χ0v) is 12.0. The number of hydrogen-bond donors (Lipinski definition) is 1. The second-order valence-corrected chi connectivity index (χ2v) is 4.82. The summed E-state index contributed by atoms with van der Waals surface area (Å²) in [5.74, 6) is -0.102. The number of nitrogens with zero attached hydrogens (tertiary/aromatic N) is 3. The van der Waals surface area contributed by atoms with Crippen LogP contribution < -0.4 is 0 Å². The zero-order valence-electron chi connectivity index (χ0n) is 12.0. The summed E-state index contributed by atoms with van der Waals surface area (Å²) in [6.07, 6.45) is 0. The second kappa shape index (κ2) is 5.41. The standard InChI is InChI=1S/C15H11N3O5/c1-9-5-6-14(23-9)12-8-13(15(19)20)17(16-12)10-3-2-4-11(7-10)18(21)22/h2-8H,1H3,(H,19,20). The van der Waals surface area contributed by atoms with E-state index in [0.29, 0.717) is 17.2 Å². The lowest BCUT2D eigenvalue weighted by Gasteiger charge is -2.03. The molecule has 0 unspecified atom stereocenters. The number of nitro benzene ring substituents is 1. The highest BCUT2D eigenvalue weighted by Crippen LogP contribution is 2.25. The van der Waals surface area contributed by atoms with Gasteiger partial charge in [-0.3, -0.25) is 10.1 Å². The van der Waals surface area contributed by atoms with Gasteiger partial charge in [0.15, 0.2) is 11.5 Å². The maximum atomic E-state index is 11.4. The van der Waals surface area contributed by atoms with Crippen LogP contribution in [0.4, 0.5) is 5.69 Å². The van der Waals surface area contributed by atoms with E-state index >= 15 is 0 Å². The molecule has 0 radical (unpaired) electrons. The quantitative estimate of drug-likeness (QED) is 0.585. The Morgan fingerprint density at radius 2 is 2.09 bits per heavy atom. The maximum Gasteiger partial charge on any atom is 0.354 e. The molecule has 23 heavy (non-hydrogen) atoms. The van der Waals surface area contributed by atoms with E-state index in [1.54, 1.807) is 25.1 Å². The second-order valence-electron chi connectivity index (χ2n) is 4.82. The Hall–Kier alpha value is -3.42. The first kappa shape index (κ1) is 14.5. The summed E-state index contributed by atoms with van der Waals surface area (Å²) < 4.78 is 6.58. The van der Waals surface area contributed by atoms with Crippen LogP contribution in [0.15, 0.2) is 46.9 Å². The fourth-order valence-corrected chi connectivity index (χ4v) is 2.16. The molecule has 3 rings (SSSR count). The lowest BCUT2D eigenvalue weighted by atomic mass is 10.2. The number of aryl methyl sites for hydroxylation is 1. The number of nitro groups is 1. The van der Waals surface area contributed by atoms with Crippen LogP contribution in [0.25, 0.3) is 17.1 Å². The first-order chi connectivity index (χ1) is 11.0. The average molecular weight is 313 g/mol. The molecule has 0 saturated carbocycles. The highest BCUT2D eigenvalue weighted by molar-refractivity contribution is 5.88. The predicted octanol–water partition coefficient (Wildman–Crippen LogP) is 3.05. The van der Waals surface area contributed by atoms with Crippen molar-refractivity contribution in [3.05, 3.63) is 64.0 Å². The normalized spacial score (nSPS) is 10.7. The maximum absolute atomic E-state index is 11.4. The summed E-state index contributed by atoms with van der Waals surface area (Å²) in [6, 6.07) is 10.4. The number of non-ortho nitro benzene ring substituents is 1. The first-order valence-corrected chi connectivity index (χ1v) is 6.60. The minimum Gasteiger partial charge on any atom is -0.477 e. The van der Waals surface area contributed by atoms with E-state index in [9.17, 15) is 20.0 Å². The molecule has 3 aromatic rings. The van der Waals surface area contributed by atoms with Gasteiger partial charge in [-0.15, -0.1) is 0 Å². The molecule has 2 heterocycles. The largest absolute Gasteiger partial charge is 0.477 e. The van der Waals surface area contributed by atoms with Crippen molar-refractivity contribution in [1.29, 1.82) is 0 Å². The van der Waals surface area contributed by atoms with Crippen LogP contribution in [-0.2, 0) is 0 Å². The fraction of sp³-hybridized carbons (Fsp3) is 0.0667. The van der Waals surface area contributed by atoms with E-state index in [2.05, 4.69) is 5.10 Å². The van der Waals surface area contributed by atoms with Gasteiger partial charge in [0.05, 0.1) is 10.6 Å². The van der Waals surface area contributed by atoms with Crippen LogP contribution in [0.2, 0.25) is 0 Å². The molecule has 1 N–H and O–H groups in total. The summed E-state index contributed by atoms with van der Waals surface area (Å²) in [5.41, 5.74) is 0.354. The number of aromatic nitrogens is 2. The van der Waals surface area contributed by atoms with E-state index in [0.717, 1.165) is 4.68 Å². The molecule has 0 atom stereocenters. The number of benzene rings is 1. The molecule has 8 heteroatoms. The van der Waals surface area contributed by atoms with Crippen molar-refractivity contribution in [3.63, 3.8) is 0 Å². The van der Waals surface area contributed by atoms with Gasteiger partial charge < -0.3 is 9.52 Å². The smallest absolute Gasteiger partial charge is 0.354 e. The minimum atomic E-state index is -1.20. The van der Waals surface area contributed by atoms with Crippen LogP contribution >= 0.6 is 0 Å².